The second kappa shape index (κ2) is 8.16. The number of Topliss-reactive ketones (excluding diaryl/α,β-unsaturated/α-hetero) is 2. The molecule has 0 aliphatic heterocycles. The quantitative estimate of drug-likeness (QED) is 0.437. The van der Waals surface area contributed by atoms with Gasteiger partial charge in [-0.05, 0) is 24.5 Å². The fourth-order valence-corrected chi connectivity index (χ4v) is 1.83. The summed E-state index contributed by atoms with van der Waals surface area (Å²) in [5, 5.41) is 14.2. The zero-order chi connectivity index (χ0) is 15.0. The van der Waals surface area contributed by atoms with Gasteiger partial charge in [-0.25, -0.2) is 0 Å². The van der Waals surface area contributed by atoms with Crippen LogP contribution in [0.1, 0.15) is 12.8 Å². The molecule has 1 aromatic carbocycles. The van der Waals surface area contributed by atoms with Crippen molar-refractivity contribution in [3.8, 4) is 0 Å². The fraction of sp³-hybridized carbons (Fsp3) is 0.214. The van der Waals surface area contributed by atoms with E-state index in [0.717, 1.165) is 16.8 Å². The van der Waals surface area contributed by atoms with Crippen LogP contribution in [0, 0.1) is 10.8 Å². The molecule has 0 amide bonds. The Morgan fingerprint density at radius 2 is 2.00 bits per heavy atom. The van der Waals surface area contributed by atoms with Crippen LogP contribution in [0.5, 0.6) is 0 Å². The maximum Gasteiger partial charge on any atom is 0.189 e. The van der Waals surface area contributed by atoms with Gasteiger partial charge >= 0.3 is 0 Å². The lowest BCUT2D eigenvalue weighted by molar-refractivity contribution is -0.115. The number of hydrogen-bond donors (Lipinski definition) is 2. The number of rotatable bonds is 8. The SMILES string of the molecule is CSc1cccc(N=CCC(=O)C(=N)C(=O)CC=N)c1. The first kappa shape index (κ1) is 16.0. The first-order valence-electron chi connectivity index (χ1n) is 5.89. The molecule has 0 saturated heterocycles. The smallest absolute Gasteiger partial charge is 0.189 e. The highest BCUT2D eigenvalue weighted by atomic mass is 32.2. The third-order valence-corrected chi connectivity index (χ3v) is 3.14. The van der Waals surface area contributed by atoms with Crippen molar-refractivity contribution in [1.82, 2.24) is 0 Å². The molecular weight excluding hydrogens is 274 g/mol. The summed E-state index contributed by atoms with van der Waals surface area (Å²) in [5.41, 5.74) is 0.153. The van der Waals surface area contributed by atoms with E-state index in [0.29, 0.717) is 0 Å². The molecule has 0 saturated carbocycles. The highest BCUT2D eigenvalue weighted by molar-refractivity contribution is 7.98. The van der Waals surface area contributed by atoms with E-state index in [-0.39, 0.29) is 12.8 Å². The zero-order valence-corrected chi connectivity index (χ0v) is 11.9. The highest BCUT2D eigenvalue weighted by Crippen LogP contribution is 2.20. The van der Waals surface area contributed by atoms with Gasteiger partial charge in [0.2, 0.25) is 0 Å². The number of carbonyl (C=O) groups excluding carboxylic acids is 2. The van der Waals surface area contributed by atoms with E-state index in [1.54, 1.807) is 11.8 Å². The Morgan fingerprint density at radius 1 is 1.30 bits per heavy atom. The van der Waals surface area contributed by atoms with E-state index in [2.05, 4.69) is 4.99 Å². The number of aliphatic imine (C=N–C) groups is 1. The Kier molecular flexibility index (Phi) is 6.52. The first-order chi connectivity index (χ1) is 9.58. The van der Waals surface area contributed by atoms with Gasteiger partial charge in [-0.2, -0.15) is 0 Å². The summed E-state index contributed by atoms with van der Waals surface area (Å²) in [6.45, 7) is 0. The Labute approximate surface area is 121 Å². The van der Waals surface area contributed by atoms with Crippen LogP contribution in [0.15, 0.2) is 34.2 Å². The molecule has 0 radical (unpaired) electrons. The molecule has 0 atom stereocenters. The molecular formula is C14H15N3O2S. The molecule has 0 fully saturated rings. The van der Waals surface area contributed by atoms with E-state index < -0.39 is 17.3 Å². The summed E-state index contributed by atoms with van der Waals surface area (Å²) in [6, 6.07) is 7.53. The monoisotopic (exact) mass is 289 g/mol. The van der Waals surface area contributed by atoms with Gasteiger partial charge in [0.1, 0.15) is 5.71 Å². The molecule has 104 valence electrons. The van der Waals surface area contributed by atoms with Crippen LogP contribution >= 0.6 is 11.8 Å². The Morgan fingerprint density at radius 3 is 2.65 bits per heavy atom. The number of hydrogen-bond acceptors (Lipinski definition) is 6. The standard InChI is InChI=1S/C14H15N3O2S/c1-20-11-4-2-3-10(9-11)17-8-6-13(19)14(16)12(18)5-7-15/h2-4,7-9,15-16H,5-6H2,1H3. The van der Waals surface area contributed by atoms with Gasteiger partial charge in [0.05, 0.1) is 5.69 Å². The van der Waals surface area contributed by atoms with Crippen LogP contribution in [0.2, 0.25) is 0 Å². The van der Waals surface area contributed by atoms with Crippen LogP contribution in [-0.2, 0) is 9.59 Å². The summed E-state index contributed by atoms with van der Waals surface area (Å²) < 4.78 is 0. The van der Waals surface area contributed by atoms with E-state index in [9.17, 15) is 9.59 Å². The molecule has 0 aliphatic carbocycles. The minimum Gasteiger partial charge on any atom is -0.313 e. The number of benzene rings is 1. The molecule has 6 heteroatoms. The molecule has 0 spiro atoms. The summed E-state index contributed by atoms with van der Waals surface area (Å²) in [4.78, 5) is 28.0. The predicted molar refractivity (Wildman–Crippen MR) is 82.1 cm³/mol. The van der Waals surface area contributed by atoms with Gasteiger partial charge in [-0.15, -0.1) is 11.8 Å². The summed E-state index contributed by atoms with van der Waals surface area (Å²) in [5.74, 6) is -1.22. The van der Waals surface area contributed by atoms with Gasteiger partial charge in [-0.3, -0.25) is 20.0 Å². The molecule has 0 aromatic heterocycles. The Bertz CT molecular complexity index is 567. The van der Waals surface area contributed by atoms with Gasteiger partial charge in [0.25, 0.3) is 0 Å². The molecule has 0 heterocycles. The van der Waals surface area contributed by atoms with Crippen LogP contribution < -0.4 is 0 Å². The second-order valence-corrected chi connectivity index (χ2v) is 4.73. The number of carbonyl (C=O) groups is 2. The van der Waals surface area contributed by atoms with Crippen LogP contribution in [0.3, 0.4) is 0 Å². The van der Waals surface area contributed by atoms with Crippen LogP contribution in [0.25, 0.3) is 0 Å². The summed E-state index contributed by atoms with van der Waals surface area (Å²) in [6.07, 6.45) is 3.94. The summed E-state index contributed by atoms with van der Waals surface area (Å²) in [7, 11) is 0. The number of nitrogens with zero attached hydrogens (tertiary/aromatic N) is 1. The minimum absolute atomic E-state index is 0.0912. The normalized spacial score (nSPS) is 10.4. The maximum absolute atomic E-state index is 11.6. The van der Waals surface area contributed by atoms with Crippen molar-refractivity contribution >= 4 is 47.2 Å². The first-order valence-corrected chi connectivity index (χ1v) is 7.11. The van der Waals surface area contributed by atoms with Crippen LogP contribution in [-0.4, -0.2) is 36.0 Å². The van der Waals surface area contributed by atoms with Gasteiger partial charge in [0.15, 0.2) is 11.6 Å². The largest absolute Gasteiger partial charge is 0.313 e. The minimum atomic E-state index is -0.636. The van der Waals surface area contributed by atoms with Gasteiger partial charge in [0, 0.05) is 30.2 Å². The molecule has 20 heavy (non-hydrogen) atoms. The molecule has 0 aliphatic rings. The van der Waals surface area contributed by atoms with Crippen molar-refractivity contribution in [3.05, 3.63) is 24.3 Å². The zero-order valence-electron chi connectivity index (χ0n) is 11.1. The van der Waals surface area contributed by atoms with Crippen molar-refractivity contribution in [1.29, 1.82) is 10.8 Å². The molecule has 0 unspecified atom stereocenters. The van der Waals surface area contributed by atoms with Crippen molar-refractivity contribution in [2.45, 2.75) is 17.7 Å². The summed E-state index contributed by atoms with van der Waals surface area (Å²) >= 11 is 1.60. The van der Waals surface area contributed by atoms with Crippen molar-refractivity contribution in [2.24, 2.45) is 4.99 Å². The lowest BCUT2D eigenvalue weighted by Crippen LogP contribution is -2.23. The lowest BCUT2D eigenvalue weighted by atomic mass is 10.1. The number of thioether (sulfide) groups is 1. The average molecular weight is 289 g/mol. The Hall–Kier alpha value is -2.08. The van der Waals surface area contributed by atoms with Crippen molar-refractivity contribution in [3.63, 3.8) is 0 Å². The maximum atomic E-state index is 11.6. The van der Waals surface area contributed by atoms with E-state index in [4.69, 9.17) is 10.8 Å². The number of ketones is 2. The van der Waals surface area contributed by atoms with Crippen molar-refractivity contribution < 1.29 is 9.59 Å². The number of nitrogens with one attached hydrogen (secondary N) is 2. The van der Waals surface area contributed by atoms with Crippen molar-refractivity contribution in [2.75, 3.05) is 6.26 Å². The molecule has 1 rings (SSSR count). The highest BCUT2D eigenvalue weighted by Gasteiger charge is 2.15. The van der Waals surface area contributed by atoms with E-state index >= 15 is 0 Å². The van der Waals surface area contributed by atoms with Gasteiger partial charge < -0.3 is 5.41 Å². The molecule has 5 nitrogen and oxygen atoms in total. The van der Waals surface area contributed by atoms with E-state index in [1.807, 2.05) is 30.5 Å². The van der Waals surface area contributed by atoms with Gasteiger partial charge in [-0.1, -0.05) is 6.07 Å². The van der Waals surface area contributed by atoms with E-state index in [1.165, 1.54) is 6.21 Å². The molecule has 0 bridgehead atoms. The Balaban J connectivity index is 2.59. The predicted octanol–water partition coefficient (Wildman–Crippen LogP) is 2.70. The average Bonchev–Trinajstić information content (AvgIpc) is 2.46. The lowest BCUT2D eigenvalue weighted by Gasteiger charge is -1.98. The molecule has 2 N–H and O–H groups in total. The molecule has 1 aromatic rings. The third-order valence-electron chi connectivity index (χ3n) is 2.42. The fourth-order valence-electron chi connectivity index (χ4n) is 1.38. The topological polar surface area (TPSA) is 94.2 Å². The third kappa shape index (κ3) is 4.89. The van der Waals surface area contributed by atoms with Crippen LogP contribution in [0.4, 0.5) is 5.69 Å². The second-order valence-electron chi connectivity index (χ2n) is 3.85.